The van der Waals surface area contributed by atoms with Crippen LogP contribution < -0.4 is 5.32 Å². The maximum atomic E-state index is 12.4. The number of aryl methyl sites for hydroxylation is 2. The molecular weight excluding hydrogens is 384 g/mol. The van der Waals surface area contributed by atoms with Gasteiger partial charge in [0, 0.05) is 24.0 Å². The van der Waals surface area contributed by atoms with Crippen molar-refractivity contribution < 1.29 is 13.2 Å². The summed E-state index contributed by atoms with van der Waals surface area (Å²) < 4.78 is 23.2. The Hall–Kier alpha value is -2.60. The zero-order chi connectivity index (χ0) is 20.6. The van der Waals surface area contributed by atoms with Crippen LogP contribution in [0.3, 0.4) is 0 Å². The topological polar surface area (TPSA) is 79.0 Å². The number of H-pyrrole nitrogens is 1. The number of sulfone groups is 1. The summed E-state index contributed by atoms with van der Waals surface area (Å²) in [5, 5.41) is 4.15. The minimum atomic E-state index is -2.96. The molecule has 2 heterocycles. The predicted molar refractivity (Wildman–Crippen MR) is 116 cm³/mol. The Kier molecular flexibility index (Phi) is 5.21. The van der Waals surface area contributed by atoms with Gasteiger partial charge in [0.1, 0.15) is 0 Å². The second-order valence-electron chi connectivity index (χ2n) is 8.09. The fourth-order valence-electron chi connectivity index (χ4n) is 4.25. The van der Waals surface area contributed by atoms with Gasteiger partial charge in [-0.2, -0.15) is 0 Å². The molecule has 0 bridgehead atoms. The summed E-state index contributed by atoms with van der Waals surface area (Å²) in [7, 11) is -2.96. The molecule has 5 nitrogen and oxygen atoms in total. The Morgan fingerprint density at radius 2 is 1.93 bits per heavy atom. The Morgan fingerprint density at radius 3 is 2.62 bits per heavy atom. The predicted octanol–water partition coefficient (Wildman–Crippen LogP) is 3.89. The summed E-state index contributed by atoms with van der Waals surface area (Å²) in [5.41, 5.74) is 6.64. The molecule has 4 rings (SSSR count). The molecule has 1 aromatic heterocycles. The maximum absolute atomic E-state index is 12.4. The highest BCUT2D eigenvalue weighted by atomic mass is 32.2. The van der Waals surface area contributed by atoms with Gasteiger partial charge >= 0.3 is 0 Å². The van der Waals surface area contributed by atoms with E-state index in [4.69, 9.17) is 0 Å². The Labute approximate surface area is 171 Å². The Morgan fingerprint density at radius 1 is 1.17 bits per heavy atom. The quantitative estimate of drug-likeness (QED) is 0.670. The van der Waals surface area contributed by atoms with E-state index in [0.717, 1.165) is 33.3 Å². The van der Waals surface area contributed by atoms with Gasteiger partial charge in [0.2, 0.25) is 5.91 Å². The molecule has 1 saturated heterocycles. The van der Waals surface area contributed by atoms with E-state index in [1.165, 1.54) is 5.56 Å². The molecule has 0 spiro atoms. The van der Waals surface area contributed by atoms with E-state index in [1.807, 2.05) is 18.2 Å². The molecule has 6 heteroatoms. The van der Waals surface area contributed by atoms with Crippen LogP contribution in [-0.4, -0.2) is 30.8 Å². The third-order valence-electron chi connectivity index (χ3n) is 5.73. The Bertz CT molecular complexity index is 1160. The second kappa shape index (κ2) is 7.67. The van der Waals surface area contributed by atoms with Gasteiger partial charge in [0.25, 0.3) is 0 Å². The van der Waals surface area contributed by atoms with Gasteiger partial charge in [-0.25, -0.2) is 8.42 Å². The molecular formula is C23H26N2O3S. The SMILES string of the molecule is Cc1cc(CNC(=O)C[C@H]2CCS(=O)(=O)C2)c2[nH]c(-c3ccccc3)c(C)c2c1. The van der Waals surface area contributed by atoms with Crippen LogP contribution in [0.2, 0.25) is 0 Å². The van der Waals surface area contributed by atoms with Gasteiger partial charge in [-0.05, 0) is 48.9 Å². The summed E-state index contributed by atoms with van der Waals surface area (Å²) in [6.07, 6.45) is 0.855. The van der Waals surface area contributed by atoms with Crippen molar-refractivity contribution in [2.75, 3.05) is 11.5 Å². The van der Waals surface area contributed by atoms with E-state index in [9.17, 15) is 13.2 Å². The molecule has 1 fully saturated rings. The average molecular weight is 411 g/mol. The van der Waals surface area contributed by atoms with Gasteiger partial charge < -0.3 is 10.3 Å². The largest absolute Gasteiger partial charge is 0.354 e. The lowest BCUT2D eigenvalue weighted by molar-refractivity contribution is -0.122. The number of hydrogen-bond acceptors (Lipinski definition) is 3. The first-order chi connectivity index (χ1) is 13.8. The van der Waals surface area contributed by atoms with Crippen molar-refractivity contribution in [1.82, 2.24) is 10.3 Å². The molecule has 3 aromatic rings. The number of amides is 1. The Balaban J connectivity index is 1.55. The van der Waals surface area contributed by atoms with E-state index in [0.29, 0.717) is 13.0 Å². The first kappa shape index (κ1) is 19.7. The molecule has 1 amide bonds. The number of nitrogens with one attached hydrogen (secondary N) is 2. The van der Waals surface area contributed by atoms with Gasteiger partial charge in [-0.3, -0.25) is 4.79 Å². The molecule has 2 N–H and O–H groups in total. The van der Waals surface area contributed by atoms with Crippen LogP contribution >= 0.6 is 0 Å². The van der Waals surface area contributed by atoms with Gasteiger partial charge in [0.05, 0.1) is 17.0 Å². The van der Waals surface area contributed by atoms with E-state index >= 15 is 0 Å². The summed E-state index contributed by atoms with van der Waals surface area (Å²) in [5.74, 6) is 0.182. The molecule has 152 valence electrons. The lowest BCUT2D eigenvalue weighted by Gasteiger charge is -2.10. The summed E-state index contributed by atoms with van der Waals surface area (Å²) >= 11 is 0. The van der Waals surface area contributed by atoms with Gasteiger partial charge in [-0.1, -0.05) is 42.0 Å². The van der Waals surface area contributed by atoms with E-state index in [1.54, 1.807) is 0 Å². The summed E-state index contributed by atoms with van der Waals surface area (Å²) in [6, 6.07) is 14.5. The van der Waals surface area contributed by atoms with Crippen LogP contribution in [-0.2, 0) is 21.2 Å². The van der Waals surface area contributed by atoms with Crippen LogP contribution in [0.25, 0.3) is 22.2 Å². The van der Waals surface area contributed by atoms with Crippen molar-refractivity contribution >= 4 is 26.6 Å². The highest BCUT2D eigenvalue weighted by Gasteiger charge is 2.29. The molecule has 1 aliphatic heterocycles. The fourth-order valence-corrected chi connectivity index (χ4v) is 6.11. The number of carbonyl (C=O) groups is 1. The first-order valence-corrected chi connectivity index (χ1v) is 11.8. The first-order valence-electron chi connectivity index (χ1n) is 9.97. The molecule has 1 atom stereocenters. The van der Waals surface area contributed by atoms with Crippen molar-refractivity contribution in [3.05, 3.63) is 59.2 Å². The van der Waals surface area contributed by atoms with Crippen molar-refractivity contribution in [2.45, 2.75) is 33.2 Å². The monoisotopic (exact) mass is 410 g/mol. The summed E-state index contributed by atoms with van der Waals surface area (Å²) in [4.78, 5) is 15.9. The number of hydrogen-bond donors (Lipinski definition) is 2. The lowest BCUT2D eigenvalue weighted by Crippen LogP contribution is -2.25. The minimum Gasteiger partial charge on any atom is -0.354 e. The molecule has 29 heavy (non-hydrogen) atoms. The molecule has 0 aliphatic carbocycles. The highest BCUT2D eigenvalue weighted by molar-refractivity contribution is 7.91. The number of aromatic nitrogens is 1. The van der Waals surface area contributed by atoms with Crippen molar-refractivity contribution in [2.24, 2.45) is 5.92 Å². The number of rotatable bonds is 5. The number of aromatic amines is 1. The van der Waals surface area contributed by atoms with Crippen LogP contribution in [0.15, 0.2) is 42.5 Å². The normalized spacial score (nSPS) is 18.2. The van der Waals surface area contributed by atoms with Crippen molar-refractivity contribution in [3.63, 3.8) is 0 Å². The third kappa shape index (κ3) is 4.22. The third-order valence-corrected chi connectivity index (χ3v) is 7.57. The zero-order valence-corrected chi connectivity index (χ0v) is 17.6. The van der Waals surface area contributed by atoms with Crippen LogP contribution in [0.4, 0.5) is 0 Å². The van der Waals surface area contributed by atoms with E-state index in [-0.39, 0.29) is 29.8 Å². The second-order valence-corrected chi connectivity index (χ2v) is 10.3. The number of fused-ring (bicyclic) bond motifs is 1. The maximum Gasteiger partial charge on any atom is 0.220 e. The smallest absolute Gasteiger partial charge is 0.220 e. The molecule has 0 radical (unpaired) electrons. The lowest BCUT2D eigenvalue weighted by atomic mass is 10.0. The van der Waals surface area contributed by atoms with Crippen molar-refractivity contribution in [3.8, 4) is 11.3 Å². The standard InChI is InChI=1S/C23H26N2O3S/c1-15-10-19(13-24-21(26)12-17-8-9-29(27,28)14-17)23-20(11-15)16(2)22(25-23)18-6-4-3-5-7-18/h3-7,10-11,17,25H,8-9,12-14H2,1-2H3,(H,24,26)/t17-/m1/s1. The van der Waals surface area contributed by atoms with Crippen LogP contribution in [0.1, 0.15) is 29.5 Å². The fraction of sp³-hybridized carbons (Fsp3) is 0.348. The average Bonchev–Trinajstić information content (AvgIpc) is 3.19. The van der Waals surface area contributed by atoms with E-state index < -0.39 is 9.84 Å². The number of carbonyl (C=O) groups excluding carboxylic acids is 1. The van der Waals surface area contributed by atoms with Crippen LogP contribution in [0, 0.1) is 19.8 Å². The highest BCUT2D eigenvalue weighted by Crippen LogP contribution is 2.32. The zero-order valence-electron chi connectivity index (χ0n) is 16.8. The molecule has 0 saturated carbocycles. The van der Waals surface area contributed by atoms with Gasteiger partial charge in [0.15, 0.2) is 9.84 Å². The number of benzene rings is 2. The molecule has 0 unspecified atom stereocenters. The van der Waals surface area contributed by atoms with Crippen molar-refractivity contribution in [1.29, 1.82) is 0 Å². The van der Waals surface area contributed by atoms with Gasteiger partial charge in [-0.15, -0.1) is 0 Å². The molecule has 1 aliphatic rings. The minimum absolute atomic E-state index is 0.0602. The van der Waals surface area contributed by atoms with Crippen LogP contribution in [0.5, 0.6) is 0 Å². The van der Waals surface area contributed by atoms with E-state index in [2.05, 4.69) is 48.4 Å². The molecule has 2 aromatic carbocycles. The summed E-state index contributed by atoms with van der Waals surface area (Å²) in [6.45, 7) is 4.59.